The first kappa shape index (κ1) is 23.7. The highest BCUT2D eigenvalue weighted by Crippen LogP contribution is 2.18. The van der Waals surface area contributed by atoms with Gasteiger partial charge in [0.1, 0.15) is 36.9 Å². The lowest BCUT2D eigenvalue weighted by atomic mass is 10.0. The first-order chi connectivity index (χ1) is 14.9. The predicted octanol–water partition coefficient (Wildman–Crippen LogP) is 4.27. The van der Waals surface area contributed by atoms with Crippen molar-refractivity contribution in [3.63, 3.8) is 0 Å². The van der Waals surface area contributed by atoms with Gasteiger partial charge < -0.3 is 18.9 Å². The largest absolute Gasteiger partial charge is 0.490 e. The topological polar surface area (TPSA) is 71.1 Å². The van der Waals surface area contributed by atoms with Crippen LogP contribution in [-0.2, 0) is 25.5 Å². The number of rotatable bonds is 12. The summed E-state index contributed by atoms with van der Waals surface area (Å²) in [7, 11) is 0. The third kappa shape index (κ3) is 8.78. The van der Waals surface area contributed by atoms with Crippen molar-refractivity contribution >= 4 is 11.9 Å². The van der Waals surface area contributed by atoms with Gasteiger partial charge in [0, 0.05) is 12.2 Å². The number of esters is 2. The van der Waals surface area contributed by atoms with Gasteiger partial charge in [-0.25, -0.2) is 9.59 Å². The van der Waals surface area contributed by atoms with E-state index in [2.05, 4.69) is 13.2 Å². The number of carbonyl (C=O) groups is 2. The highest BCUT2D eigenvalue weighted by molar-refractivity contribution is 5.81. The Hall–Kier alpha value is -3.54. The molecule has 0 aromatic heterocycles. The molecule has 31 heavy (non-hydrogen) atoms. The summed E-state index contributed by atoms with van der Waals surface area (Å²) in [4.78, 5) is 22.3. The summed E-state index contributed by atoms with van der Waals surface area (Å²) in [5, 5.41) is 0. The van der Waals surface area contributed by atoms with E-state index in [1.807, 2.05) is 48.5 Å². The van der Waals surface area contributed by atoms with Crippen LogP contribution in [0, 0.1) is 0 Å². The van der Waals surface area contributed by atoms with Crippen LogP contribution in [0.5, 0.6) is 11.5 Å². The molecule has 164 valence electrons. The minimum Gasteiger partial charge on any atom is -0.490 e. The van der Waals surface area contributed by atoms with Crippen LogP contribution in [0.1, 0.15) is 25.0 Å². The molecule has 0 aliphatic heterocycles. The molecule has 0 spiro atoms. The number of ether oxygens (including phenoxy) is 4. The van der Waals surface area contributed by atoms with E-state index in [1.165, 1.54) is 0 Å². The molecule has 6 heteroatoms. The van der Waals surface area contributed by atoms with Crippen LogP contribution in [-0.4, -0.2) is 37.4 Å². The lowest BCUT2D eigenvalue weighted by Crippen LogP contribution is -2.20. The van der Waals surface area contributed by atoms with Gasteiger partial charge in [-0.1, -0.05) is 37.4 Å². The number of benzene rings is 2. The maximum Gasteiger partial charge on any atom is 0.330 e. The quantitative estimate of drug-likeness (QED) is 0.374. The normalized spacial score (nSPS) is 12.2. The molecule has 0 saturated carbocycles. The Morgan fingerprint density at radius 3 is 1.42 bits per heavy atom. The van der Waals surface area contributed by atoms with Crippen molar-refractivity contribution in [1.82, 2.24) is 0 Å². The molecule has 0 amide bonds. The summed E-state index contributed by atoms with van der Waals surface area (Å²) < 4.78 is 21.4. The van der Waals surface area contributed by atoms with E-state index in [-0.39, 0.29) is 25.4 Å². The Balaban J connectivity index is 1.79. The molecule has 6 nitrogen and oxygen atoms in total. The third-order valence-corrected chi connectivity index (χ3v) is 4.19. The Morgan fingerprint density at radius 1 is 0.742 bits per heavy atom. The molecular weight excluding hydrogens is 396 g/mol. The van der Waals surface area contributed by atoms with Crippen molar-refractivity contribution in [3.8, 4) is 11.5 Å². The molecule has 0 radical (unpaired) electrons. The molecule has 0 aliphatic carbocycles. The van der Waals surface area contributed by atoms with Gasteiger partial charge in [-0.3, -0.25) is 0 Å². The smallest absolute Gasteiger partial charge is 0.330 e. The highest BCUT2D eigenvalue weighted by atomic mass is 16.6. The molecule has 0 N–H and O–H groups in total. The molecular formula is C25H28O6. The first-order valence-electron chi connectivity index (χ1n) is 9.99. The average molecular weight is 424 g/mol. The highest BCUT2D eigenvalue weighted by Gasteiger charge is 2.09. The maximum atomic E-state index is 11.2. The van der Waals surface area contributed by atoms with Gasteiger partial charge in [0.15, 0.2) is 0 Å². The van der Waals surface area contributed by atoms with Gasteiger partial charge in [-0.2, -0.15) is 0 Å². The summed E-state index contributed by atoms with van der Waals surface area (Å²) in [6.07, 6.45) is 2.31. The van der Waals surface area contributed by atoms with Crippen molar-refractivity contribution in [1.29, 1.82) is 0 Å². The van der Waals surface area contributed by atoms with Crippen LogP contribution in [0.25, 0.3) is 0 Å². The molecule has 0 bridgehead atoms. The van der Waals surface area contributed by atoms with Gasteiger partial charge in [0.05, 0.1) is 0 Å². The average Bonchev–Trinajstić information content (AvgIpc) is 2.78. The van der Waals surface area contributed by atoms with Gasteiger partial charge in [0.25, 0.3) is 0 Å². The Labute approximate surface area is 183 Å². The number of hydrogen-bond donors (Lipinski definition) is 0. The molecule has 2 aromatic rings. The first-order valence-corrected chi connectivity index (χ1v) is 9.99. The van der Waals surface area contributed by atoms with E-state index < -0.39 is 11.9 Å². The fraction of sp³-hybridized carbons (Fsp3) is 0.280. The lowest BCUT2D eigenvalue weighted by molar-refractivity contribution is -0.144. The molecule has 0 heterocycles. The SMILES string of the molecule is C=CC(=O)OC(C)COc1ccc(Cc2ccc(OCC(C)OC(=O)C=C)cc2)cc1. The van der Waals surface area contributed by atoms with Crippen LogP contribution in [0.2, 0.25) is 0 Å². The van der Waals surface area contributed by atoms with Crippen molar-refractivity contribution in [3.05, 3.63) is 85.0 Å². The van der Waals surface area contributed by atoms with Crippen LogP contribution in [0.4, 0.5) is 0 Å². The van der Waals surface area contributed by atoms with E-state index in [0.717, 1.165) is 29.7 Å². The summed E-state index contributed by atoms with van der Waals surface area (Å²) >= 11 is 0. The van der Waals surface area contributed by atoms with Gasteiger partial charge >= 0.3 is 11.9 Å². The fourth-order valence-electron chi connectivity index (χ4n) is 2.63. The summed E-state index contributed by atoms with van der Waals surface area (Å²) in [6.45, 7) is 10.8. The van der Waals surface area contributed by atoms with E-state index in [4.69, 9.17) is 18.9 Å². The number of carbonyl (C=O) groups excluding carboxylic acids is 2. The minimum absolute atomic E-state index is 0.270. The fourth-order valence-corrected chi connectivity index (χ4v) is 2.63. The number of hydrogen-bond acceptors (Lipinski definition) is 6. The lowest BCUT2D eigenvalue weighted by Gasteiger charge is -2.14. The van der Waals surface area contributed by atoms with Crippen LogP contribution >= 0.6 is 0 Å². The van der Waals surface area contributed by atoms with Gasteiger partial charge in [-0.15, -0.1) is 0 Å². The molecule has 2 atom stereocenters. The van der Waals surface area contributed by atoms with Crippen molar-refractivity contribution in [2.45, 2.75) is 32.5 Å². The van der Waals surface area contributed by atoms with E-state index in [9.17, 15) is 9.59 Å². The van der Waals surface area contributed by atoms with Crippen molar-refractivity contribution < 1.29 is 28.5 Å². The van der Waals surface area contributed by atoms with Gasteiger partial charge in [-0.05, 0) is 55.7 Å². The Bertz CT molecular complexity index is 796. The van der Waals surface area contributed by atoms with Crippen molar-refractivity contribution in [2.24, 2.45) is 0 Å². The van der Waals surface area contributed by atoms with Crippen LogP contribution < -0.4 is 9.47 Å². The maximum absolute atomic E-state index is 11.2. The molecule has 2 rings (SSSR count). The third-order valence-electron chi connectivity index (χ3n) is 4.19. The van der Waals surface area contributed by atoms with Crippen molar-refractivity contribution in [2.75, 3.05) is 13.2 Å². The second-order valence-corrected chi connectivity index (χ2v) is 6.99. The molecule has 2 unspecified atom stereocenters. The Kier molecular flexibility index (Phi) is 9.36. The van der Waals surface area contributed by atoms with E-state index in [1.54, 1.807) is 13.8 Å². The molecule has 0 fully saturated rings. The Morgan fingerprint density at radius 2 is 1.10 bits per heavy atom. The summed E-state index contributed by atoms with van der Waals surface area (Å²) in [5.41, 5.74) is 2.27. The van der Waals surface area contributed by atoms with E-state index in [0.29, 0.717) is 11.5 Å². The standard InChI is InChI=1S/C25H28O6/c1-5-24(26)30-18(3)16-28-22-11-7-20(8-12-22)15-21-9-13-23(14-10-21)29-17-19(4)31-25(27)6-2/h5-14,18-19H,1-2,15-17H2,3-4H3. The summed E-state index contributed by atoms with van der Waals surface area (Å²) in [6, 6.07) is 15.5. The molecule has 2 aromatic carbocycles. The monoisotopic (exact) mass is 424 g/mol. The predicted molar refractivity (Wildman–Crippen MR) is 118 cm³/mol. The molecule has 0 saturated heterocycles. The zero-order chi connectivity index (χ0) is 22.6. The van der Waals surface area contributed by atoms with E-state index >= 15 is 0 Å². The van der Waals surface area contributed by atoms with Gasteiger partial charge in [0.2, 0.25) is 0 Å². The zero-order valence-electron chi connectivity index (χ0n) is 17.9. The summed E-state index contributed by atoms with van der Waals surface area (Å²) in [5.74, 6) is 0.488. The second-order valence-electron chi connectivity index (χ2n) is 6.99. The molecule has 0 aliphatic rings. The zero-order valence-corrected chi connectivity index (χ0v) is 17.9. The van der Waals surface area contributed by atoms with Crippen LogP contribution in [0.3, 0.4) is 0 Å². The van der Waals surface area contributed by atoms with Crippen LogP contribution in [0.15, 0.2) is 73.8 Å². The second kappa shape index (κ2) is 12.2. The minimum atomic E-state index is -0.464.